The second kappa shape index (κ2) is 6.97. The van der Waals surface area contributed by atoms with E-state index >= 15 is 0 Å². The third-order valence-corrected chi connectivity index (χ3v) is 3.81. The molecule has 0 fully saturated rings. The second-order valence-corrected chi connectivity index (χ2v) is 5.77. The van der Waals surface area contributed by atoms with E-state index in [0.29, 0.717) is 18.1 Å². The molecule has 0 unspecified atom stereocenters. The maximum atomic E-state index is 11.9. The molecule has 0 aliphatic carbocycles. The van der Waals surface area contributed by atoms with E-state index in [9.17, 15) is 4.79 Å². The summed E-state index contributed by atoms with van der Waals surface area (Å²) in [5.41, 5.74) is 2.94. The molecule has 6 nitrogen and oxygen atoms in total. The highest BCUT2D eigenvalue weighted by molar-refractivity contribution is 5.76. The van der Waals surface area contributed by atoms with Crippen molar-refractivity contribution in [2.24, 2.45) is 0 Å². The Bertz CT molecular complexity index is 1020. The van der Waals surface area contributed by atoms with Gasteiger partial charge in [-0.2, -0.15) is 10.4 Å². The van der Waals surface area contributed by atoms with Crippen LogP contribution in [-0.4, -0.2) is 19.7 Å². The zero-order valence-corrected chi connectivity index (χ0v) is 14.0. The number of nitrogens with zero attached hydrogens (tertiary/aromatic N) is 4. The average Bonchev–Trinajstić information content (AvgIpc) is 3.02. The van der Waals surface area contributed by atoms with Crippen LogP contribution < -0.4 is 5.56 Å². The summed E-state index contributed by atoms with van der Waals surface area (Å²) in [5.74, 6) is 0.456. The first kappa shape index (κ1) is 16.4. The van der Waals surface area contributed by atoms with Gasteiger partial charge >= 0.3 is 0 Å². The quantitative estimate of drug-likeness (QED) is 0.796. The SMILES string of the molecule is CC(=Cc1cnn(Cc2ccccc2)c1)c1nc(C)c(C#N)c(=O)[nH]1. The van der Waals surface area contributed by atoms with Crippen LogP contribution in [0.2, 0.25) is 0 Å². The minimum absolute atomic E-state index is 0.0484. The fraction of sp³-hybridized carbons (Fsp3) is 0.158. The lowest BCUT2D eigenvalue weighted by atomic mass is 10.2. The molecule has 124 valence electrons. The van der Waals surface area contributed by atoms with Crippen molar-refractivity contribution in [2.75, 3.05) is 0 Å². The predicted molar refractivity (Wildman–Crippen MR) is 95.6 cm³/mol. The smallest absolute Gasteiger partial charge is 0.269 e. The summed E-state index contributed by atoms with van der Waals surface area (Å²) in [5, 5.41) is 13.3. The van der Waals surface area contributed by atoms with Gasteiger partial charge in [-0.05, 0) is 31.1 Å². The van der Waals surface area contributed by atoms with Crippen molar-refractivity contribution >= 4 is 11.6 Å². The molecule has 0 radical (unpaired) electrons. The summed E-state index contributed by atoms with van der Waals surface area (Å²) in [7, 11) is 0. The third-order valence-electron chi connectivity index (χ3n) is 3.81. The van der Waals surface area contributed by atoms with Gasteiger partial charge in [0.05, 0.1) is 18.4 Å². The first-order valence-electron chi connectivity index (χ1n) is 7.83. The molecule has 0 saturated heterocycles. The summed E-state index contributed by atoms with van der Waals surface area (Å²) in [6, 6.07) is 12.0. The maximum absolute atomic E-state index is 11.9. The Morgan fingerprint density at radius 1 is 1.36 bits per heavy atom. The molecule has 25 heavy (non-hydrogen) atoms. The highest BCUT2D eigenvalue weighted by atomic mass is 16.1. The second-order valence-electron chi connectivity index (χ2n) is 5.77. The summed E-state index contributed by atoms with van der Waals surface area (Å²) < 4.78 is 1.86. The van der Waals surface area contributed by atoms with Crippen molar-refractivity contribution in [3.63, 3.8) is 0 Å². The van der Waals surface area contributed by atoms with Crippen molar-refractivity contribution in [2.45, 2.75) is 20.4 Å². The fourth-order valence-electron chi connectivity index (χ4n) is 2.53. The number of aromatic amines is 1. The lowest BCUT2D eigenvalue weighted by Gasteiger charge is -2.03. The molecule has 0 amide bonds. The average molecular weight is 331 g/mol. The van der Waals surface area contributed by atoms with Gasteiger partial charge in [0, 0.05) is 11.8 Å². The van der Waals surface area contributed by atoms with E-state index in [0.717, 1.165) is 11.1 Å². The standard InChI is InChI=1S/C19H17N5O/c1-13(18-22-14(2)17(9-20)19(25)23-18)8-16-10-21-24(12-16)11-15-6-4-3-5-7-15/h3-8,10,12H,11H2,1-2H3,(H,22,23,25). The summed E-state index contributed by atoms with van der Waals surface area (Å²) in [6.45, 7) is 4.21. The molecule has 2 aromatic heterocycles. The number of hydrogen-bond acceptors (Lipinski definition) is 4. The van der Waals surface area contributed by atoms with Gasteiger partial charge in [-0.25, -0.2) is 4.98 Å². The van der Waals surface area contributed by atoms with Crippen molar-refractivity contribution in [1.82, 2.24) is 19.7 Å². The van der Waals surface area contributed by atoms with Crippen LogP contribution >= 0.6 is 0 Å². The van der Waals surface area contributed by atoms with Gasteiger partial charge in [0.15, 0.2) is 0 Å². The van der Waals surface area contributed by atoms with Gasteiger partial charge < -0.3 is 4.98 Å². The third kappa shape index (κ3) is 3.72. The number of benzene rings is 1. The molecule has 0 aliphatic heterocycles. The molecule has 6 heteroatoms. The van der Waals surface area contributed by atoms with Gasteiger partial charge in [-0.15, -0.1) is 0 Å². The number of aryl methyl sites for hydroxylation is 1. The zero-order valence-electron chi connectivity index (χ0n) is 14.0. The summed E-state index contributed by atoms with van der Waals surface area (Å²) in [4.78, 5) is 18.8. The summed E-state index contributed by atoms with van der Waals surface area (Å²) >= 11 is 0. The molecule has 2 heterocycles. The van der Waals surface area contributed by atoms with E-state index in [-0.39, 0.29) is 5.56 Å². The number of nitriles is 1. The topological polar surface area (TPSA) is 87.4 Å². The van der Waals surface area contributed by atoms with Crippen molar-refractivity contribution < 1.29 is 0 Å². The Balaban J connectivity index is 1.84. The molecule has 0 bridgehead atoms. The largest absolute Gasteiger partial charge is 0.306 e. The van der Waals surface area contributed by atoms with Crippen LogP contribution in [0.5, 0.6) is 0 Å². The molecule has 1 N–H and O–H groups in total. The number of H-pyrrole nitrogens is 1. The monoisotopic (exact) mass is 331 g/mol. The van der Waals surface area contributed by atoms with Crippen molar-refractivity contribution in [3.8, 4) is 6.07 Å². The summed E-state index contributed by atoms with van der Waals surface area (Å²) in [6.07, 6.45) is 5.60. The molecular formula is C19H17N5O. The van der Waals surface area contributed by atoms with Crippen LogP contribution in [0, 0.1) is 18.3 Å². The first-order chi connectivity index (χ1) is 12.1. The minimum atomic E-state index is -0.419. The van der Waals surface area contributed by atoms with E-state index in [4.69, 9.17) is 5.26 Å². The molecule has 0 aliphatic rings. The van der Waals surface area contributed by atoms with Gasteiger partial charge in [0.25, 0.3) is 5.56 Å². The number of hydrogen-bond donors (Lipinski definition) is 1. The normalized spacial score (nSPS) is 11.3. The van der Waals surface area contributed by atoms with Gasteiger partial charge in [-0.1, -0.05) is 30.3 Å². The highest BCUT2D eigenvalue weighted by Gasteiger charge is 2.08. The van der Waals surface area contributed by atoms with Crippen LogP contribution in [0.3, 0.4) is 0 Å². The molecule has 3 rings (SSSR count). The zero-order chi connectivity index (χ0) is 17.8. The Morgan fingerprint density at radius 3 is 2.80 bits per heavy atom. The van der Waals surface area contributed by atoms with Gasteiger partial charge in [0.1, 0.15) is 17.5 Å². The maximum Gasteiger partial charge on any atom is 0.269 e. The molecule has 0 saturated carbocycles. The first-order valence-corrected chi connectivity index (χ1v) is 7.83. The van der Waals surface area contributed by atoms with Crippen molar-refractivity contribution in [3.05, 3.63) is 81.3 Å². The highest BCUT2D eigenvalue weighted by Crippen LogP contribution is 2.14. The Kier molecular flexibility index (Phi) is 4.57. The lowest BCUT2D eigenvalue weighted by molar-refractivity contribution is 0.687. The molecule has 0 atom stereocenters. The van der Waals surface area contributed by atoms with E-state index in [1.807, 2.05) is 48.1 Å². The number of allylic oxidation sites excluding steroid dienone is 1. The van der Waals surface area contributed by atoms with Crippen LogP contribution in [0.15, 0.2) is 47.5 Å². The van der Waals surface area contributed by atoms with E-state index in [1.54, 1.807) is 13.1 Å². The van der Waals surface area contributed by atoms with Crippen LogP contribution in [0.4, 0.5) is 0 Å². The van der Waals surface area contributed by atoms with E-state index in [1.165, 1.54) is 5.56 Å². The lowest BCUT2D eigenvalue weighted by Crippen LogP contribution is -2.16. The predicted octanol–water partition coefficient (Wildman–Crippen LogP) is 2.76. The van der Waals surface area contributed by atoms with E-state index < -0.39 is 5.56 Å². The van der Waals surface area contributed by atoms with E-state index in [2.05, 4.69) is 27.2 Å². The molecule has 0 spiro atoms. The van der Waals surface area contributed by atoms with Crippen molar-refractivity contribution in [1.29, 1.82) is 5.26 Å². The van der Waals surface area contributed by atoms with Crippen LogP contribution in [-0.2, 0) is 6.54 Å². The Labute approximate surface area is 145 Å². The van der Waals surface area contributed by atoms with Gasteiger partial charge in [0.2, 0.25) is 0 Å². The number of nitrogens with one attached hydrogen (secondary N) is 1. The number of aromatic nitrogens is 4. The Morgan fingerprint density at radius 2 is 2.12 bits per heavy atom. The Hall–Kier alpha value is -3.46. The van der Waals surface area contributed by atoms with Crippen LogP contribution in [0.1, 0.15) is 35.1 Å². The molecular weight excluding hydrogens is 314 g/mol. The fourth-order valence-corrected chi connectivity index (χ4v) is 2.53. The molecule has 3 aromatic rings. The minimum Gasteiger partial charge on any atom is -0.306 e. The van der Waals surface area contributed by atoms with Gasteiger partial charge in [-0.3, -0.25) is 9.48 Å². The van der Waals surface area contributed by atoms with Crippen LogP contribution in [0.25, 0.3) is 11.6 Å². The molecule has 1 aromatic carbocycles. The number of rotatable bonds is 4.